The van der Waals surface area contributed by atoms with Crippen LogP contribution in [0.1, 0.15) is 23.6 Å². The van der Waals surface area contributed by atoms with E-state index >= 15 is 0 Å². The number of anilines is 1. The van der Waals surface area contributed by atoms with Gasteiger partial charge in [0.05, 0.1) is 15.5 Å². The molecule has 0 fully saturated rings. The van der Waals surface area contributed by atoms with E-state index in [1.165, 1.54) is 25.1 Å². The second-order valence-corrected chi connectivity index (χ2v) is 6.88. The predicted molar refractivity (Wildman–Crippen MR) is 89.2 cm³/mol. The summed E-state index contributed by atoms with van der Waals surface area (Å²) in [5, 5.41) is 11.0. The Bertz CT molecular complexity index is 860. The zero-order valence-electron chi connectivity index (χ0n) is 13.2. The Morgan fingerprint density at radius 3 is 2.39 bits per heavy atom. The van der Waals surface area contributed by atoms with Crippen LogP contribution in [0.15, 0.2) is 41.3 Å². The van der Waals surface area contributed by atoms with Gasteiger partial charge < -0.3 is 0 Å². The summed E-state index contributed by atoms with van der Waals surface area (Å²) in [4.78, 5) is 10.3. The van der Waals surface area contributed by atoms with Gasteiger partial charge in [0.2, 0.25) is 0 Å². The molecule has 0 aliphatic carbocycles. The maximum Gasteiger partial charge on any atom is 0.273 e. The van der Waals surface area contributed by atoms with E-state index in [0.29, 0.717) is 12.1 Å². The third kappa shape index (κ3) is 3.34. The summed E-state index contributed by atoms with van der Waals surface area (Å²) in [6, 6.07) is 9.57. The molecule has 0 radical (unpaired) electrons. The number of nitro benzene ring substituents is 1. The smallest absolute Gasteiger partial charge is 0.273 e. The highest BCUT2D eigenvalue weighted by Gasteiger charge is 2.24. The van der Waals surface area contributed by atoms with Gasteiger partial charge in [-0.1, -0.05) is 31.2 Å². The van der Waals surface area contributed by atoms with E-state index < -0.39 is 14.9 Å². The molecule has 0 aromatic heterocycles. The Hall–Kier alpha value is -2.41. The maximum absolute atomic E-state index is 12.7. The lowest BCUT2D eigenvalue weighted by Gasteiger charge is -2.15. The molecule has 2 rings (SSSR count). The molecule has 7 heteroatoms. The first-order valence-electron chi connectivity index (χ1n) is 7.13. The number of rotatable bonds is 5. The van der Waals surface area contributed by atoms with Gasteiger partial charge >= 0.3 is 0 Å². The Kier molecular flexibility index (Phi) is 4.70. The lowest BCUT2D eigenvalue weighted by molar-refractivity contribution is -0.385. The molecule has 0 heterocycles. The molecular weight excluding hydrogens is 316 g/mol. The van der Waals surface area contributed by atoms with E-state index in [9.17, 15) is 18.5 Å². The number of para-hydroxylation sites is 1. The summed E-state index contributed by atoms with van der Waals surface area (Å²) >= 11 is 0. The largest absolute Gasteiger partial charge is 0.279 e. The third-order valence-corrected chi connectivity index (χ3v) is 5.21. The average Bonchev–Trinajstić information content (AvgIpc) is 2.48. The van der Waals surface area contributed by atoms with E-state index in [2.05, 4.69) is 4.72 Å². The van der Waals surface area contributed by atoms with Crippen molar-refractivity contribution >= 4 is 21.4 Å². The summed E-state index contributed by atoms with van der Waals surface area (Å²) in [5.41, 5.74) is 2.11. The normalized spacial score (nSPS) is 11.3. The molecule has 0 amide bonds. The standard InChI is InChI=1S/C16H18N2O4S/c1-4-13-8-5-7-11(2)16(13)17-23(21,22)15-10-6-9-14(12(15)3)18(19)20/h5-10,17H,4H2,1-3H3. The summed E-state index contributed by atoms with van der Waals surface area (Å²) in [7, 11) is -3.91. The van der Waals surface area contributed by atoms with Crippen molar-refractivity contribution in [3.8, 4) is 0 Å². The van der Waals surface area contributed by atoms with Crippen LogP contribution in [0.3, 0.4) is 0 Å². The molecule has 0 spiro atoms. The van der Waals surface area contributed by atoms with Crippen LogP contribution in [-0.2, 0) is 16.4 Å². The van der Waals surface area contributed by atoms with Crippen LogP contribution >= 0.6 is 0 Å². The van der Waals surface area contributed by atoms with Crippen LogP contribution in [0.25, 0.3) is 0 Å². The fourth-order valence-corrected chi connectivity index (χ4v) is 3.89. The van der Waals surface area contributed by atoms with Crippen molar-refractivity contribution in [2.75, 3.05) is 4.72 Å². The van der Waals surface area contributed by atoms with Crippen molar-refractivity contribution in [1.82, 2.24) is 0 Å². The third-order valence-electron chi connectivity index (χ3n) is 3.72. The van der Waals surface area contributed by atoms with Crippen LogP contribution in [0.2, 0.25) is 0 Å². The molecule has 23 heavy (non-hydrogen) atoms. The molecule has 0 saturated heterocycles. The zero-order chi connectivity index (χ0) is 17.2. The van der Waals surface area contributed by atoms with Gasteiger partial charge in [-0.25, -0.2) is 8.42 Å². The Morgan fingerprint density at radius 1 is 1.13 bits per heavy atom. The Balaban J connectivity index is 2.53. The van der Waals surface area contributed by atoms with E-state index in [-0.39, 0.29) is 16.1 Å². The van der Waals surface area contributed by atoms with E-state index in [0.717, 1.165) is 11.1 Å². The number of nitrogens with zero attached hydrogens (tertiary/aromatic N) is 1. The second kappa shape index (κ2) is 6.37. The van der Waals surface area contributed by atoms with Gasteiger partial charge in [-0.3, -0.25) is 14.8 Å². The van der Waals surface area contributed by atoms with Gasteiger partial charge in [0.25, 0.3) is 15.7 Å². The molecule has 122 valence electrons. The van der Waals surface area contributed by atoms with Gasteiger partial charge in [-0.05, 0) is 37.5 Å². The lowest BCUT2D eigenvalue weighted by atomic mass is 10.1. The topological polar surface area (TPSA) is 89.3 Å². The number of sulfonamides is 1. The number of benzene rings is 2. The zero-order valence-corrected chi connectivity index (χ0v) is 14.0. The van der Waals surface area contributed by atoms with Crippen molar-refractivity contribution in [2.45, 2.75) is 32.1 Å². The monoisotopic (exact) mass is 334 g/mol. The van der Waals surface area contributed by atoms with Crippen molar-refractivity contribution in [2.24, 2.45) is 0 Å². The Morgan fingerprint density at radius 2 is 1.78 bits per heavy atom. The number of hydrogen-bond acceptors (Lipinski definition) is 4. The maximum atomic E-state index is 12.7. The number of nitrogens with one attached hydrogen (secondary N) is 1. The minimum absolute atomic E-state index is 0.0861. The molecule has 6 nitrogen and oxygen atoms in total. The molecule has 2 aromatic rings. The molecule has 1 N–H and O–H groups in total. The Labute approximate surface area is 135 Å². The van der Waals surface area contributed by atoms with Crippen molar-refractivity contribution in [3.05, 3.63) is 63.2 Å². The van der Waals surface area contributed by atoms with Crippen molar-refractivity contribution < 1.29 is 13.3 Å². The van der Waals surface area contributed by atoms with Crippen LogP contribution in [0, 0.1) is 24.0 Å². The molecule has 0 saturated carbocycles. The fourth-order valence-electron chi connectivity index (χ4n) is 2.45. The van der Waals surface area contributed by atoms with Crippen LogP contribution < -0.4 is 4.72 Å². The fraction of sp³-hybridized carbons (Fsp3) is 0.250. The summed E-state index contributed by atoms with van der Waals surface area (Å²) in [6.45, 7) is 5.19. The molecular formula is C16H18N2O4S. The van der Waals surface area contributed by atoms with E-state index in [4.69, 9.17) is 0 Å². The van der Waals surface area contributed by atoms with Gasteiger partial charge in [-0.15, -0.1) is 0 Å². The highest BCUT2D eigenvalue weighted by atomic mass is 32.2. The minimum atomic E-state index is -3.91. The predicted octanol–water partition coefficient (Wildman–Crippen LogP) is 3.57. The van der Waals surface area contributed by atoms with Gasteiger partial charge in [0, 0.05) is 11.6 Å². The van der Waals surface area contributed by atoms with E-state index in [1.54, 1.807) is 0 Å². The lowest BCUT2D eigenvalue weighted by Crippen LogP contribution is -2.16. The highest BCUT2D eigenvalue weighted by Crippen LogP contribution is 2.29. The molecule has 0 bridgehead atoms. The average molecular weight is 334 g/mol. The first-order chi connectivity index (χ1) is 10.8. The summed E-state index contributed by atoms with van der Waals surface area (Å²) in [5.74, 6) is 0. The number of hydrogen-bond donors (Lipinski definition) is 1. The molecule has 0 atom stereocenters. The van der Waals surface area contributed by atoms with Gasteiger partial charge in [0.15, 0.2) is 0 Å². The SMILES string of the molecule is CCc1cccc(C)c1NS(=O)(=O)c1cccc([N+](=O)[O-])c1C. The first-order valence-corrected chi connectivity index (χ1v) is 8.61. The molecule has 0 unspecified atom stereocenters. The molecule has 0 aliphatic rings. The van der Waals surface area contributed by atoms with Crippen LogP contribution in [0.5, 0.6) is 0 Å². The minimum Gasteiger partial charge on any atom is -0.279 e. The first kappa shape index (κ1) is 17.0. The quantitative estimate of drug-likeness (QED) is 0.668. The summed E-state index contributed by atoms with van der Waals surface area (Å²) in [6.07, 6.45) is 0.674. The number of nitro groups is 1. The van der Waals surface area contributed by atoms with Crippen molar-refractivity contribution in [1.29, 1.82) is 0 Å². The van der Waals surface area contributed by atoms with Crippen LogP contribution in [-0.4, -0.2) is 13.3 Å². The molecule has 2 aromatic carbocycles. The molecule has 0 aliphatic heterocycles. The van der Waals surface area contributed by atoms with Gasteiger partial charge in [0.1, 0.15) is 0 Å². The van der Waals surface area contributed by atoms with Gasteiger partial charge in [-0.2, -0.15) is 0 Å². The van der Waals surface area contributed by atoms with Crippen LogP contribution in [0.4, 0.5) is 11.4 Å². The summed E-state index contributed by atoms with van der Waals surface area (Å²) < 4.78 is 27.9. The van der Waals surface area contributed by atoms with E-state index in [1.807, 2.05) is 32.0 Å². The second-order valence-electron chi connectivity index (χ2n) is 5.23. The number of aryl methyl sites for hydroxylation is 2. The van der Waals surface area contributed by atoms with Crippen molar-refractivity contribution in [3.63, 3.8) is 0 Å². The highest BCUT2D eigenvalue weighted by molar-refractivity contribution is 7.92.